The summed E-state index contributed by atoms with van der Waals surface area (Å²) in [6.45, 7) is 9.63. The van der Waals surface area contributed by atoms with Crippen LogP contribution in [0.1, 0.15) is 53.0 Å². The molecule has 2 amide bonds. The van der Waals surface area contributed by atoms with Crippen molar-refractivity contribution in [1.29, 1.82) is 0 Å². The van der Waals surface area contributed by atoms with Crippen LogP contribution in [0.4, 0.5) is 4.39 Å². The van der Waals surface area contributed by atoms with E-state index < -0.39 is 6.04 Å². The Morgan fingerprint density at radius 3 is 2.26 bits per heavy atom. The van der Waals surface area contributed by atoms with Gasteiger partial charge < -0.3 is 10.2 Å². The molecule has 1 N–H and O–H groups in total. The minimum absolute atomic E-state index is 0.0756. The van der Waals surface area contributed by atoms with Gasteiger partial charge in [-0.25, -0.2) is 4.39 Å². The lowest BCUT2D eigenvalue weighted by Gasteiger charge is -2.31. The van der Waals surface area contributed by atoms with Crippen molar-refractivity contribution in [2.75, 3.05) is 0 Å². The number of rotatable bonds is 6. The molecule has 1 aromatic rings. The van der Waals surface area contributed by atoms with Gasteiger partial charge in [0, 0.05) is 18.5 Å². The zero-order valence-corrected chi connectivity index (χ0v) is 14.6. The standard InChI is InChI=1S/C18H27FN2O2/c1-6-7-16(22)21(12-14-8-10-15(19)11-9-14)13(2)17(23)20-18(3,4)5/h8-11,13H,6-7,12H2,1-5H3,(H,20,23). The minimum atomic E-state index is -0.585. The molecule has 128 valence electrons. The molecule has 0 bridgehead atoms. The fourth-order valence-electron chi connectivity index (χ4n) is 2.20. The highest BCUT2D eigenvalue weighted by Crippen LogP contribution is 2.13. The Bertz CT molecular complexity index is 535. The van der Waals surface area contributed by atoms with Gasteiger partial charge in [0.25, 0.3) is 0 Å². The van der Waals surface area contributed by atoms with Gasteiger partial charge in [0.2, 0.25) is 11.8 Å². The van der Waals surface area contributed by atoms with Gasteiger partial charge in [0.15, 0.2) is 0 Å². The highest BCUT2D eigenvalue weighted by atomic mass is 19.1. The lowest BCUT2D eigenvalue weighted by Crippen LogP contribution is -2.52. The molecule has 1 rings (SSSR count). The quantitative estimate of drug-likeness (QED) is 0.874. The number of hydrogen-bond acceptors (Lipinski definition) is 2. The Labute approximate surface area is 138 Å². The second-order valence-corrected chi connectivity index (χ2v) is 6.81. The summed E-state index contributed by atoms with van der Waals surface area (Å²) >= 11 is 0. The molecule has 0 saturated carbocycles. The Morgan fingerprint density at radius 1 is 1.22 bits per heavy atom. The Hall–Kier alpha value is -1.91. The highest BCUT2D eigenvalue weighted by molar-refractivity contribution is 5.87. The smallest absolute Gasteiger partial charge is 0.242 e. The van der Waals surface area contributed by atoms with Crippen LogP contribution >= 0.6 is 0 Å². The second kappa shape index (κ2) is 8.09. The predicted octanol–water partition coefficient (Wildman–Crippen LogP) is 3.26. The number of nitrogens with one attached hydrogen (secondary N) is 1. The summed E-state index contributed by atoms with van der Waals surface area (Å²) < 4.78 is 13.0. The van der Waals surface area contributed by atoms with Crippen LogP contribution in [0.5, 0.6) is 0 Å². The molecule has 5 heteroatoms. The first-order valence-corrected chi connectivity index (χ1v) is 8.00. The van der Waals surface area contributed by atoms with Crippen molar-refractivity contribution in [1.82, 2.24) is 10.2 Å². The largest absolute Gasteiger partial charge is 0.350 e. The molecular formula is C18H27FN2O2. The number of carbonyl (C=O) groups is 2. The number of nitrogens with zero attached hydrogens (tertiary/aromatic N) is 1. The predicted molar refractivity (Wildman–Crippen MR) is 89.2 cm³/mol. The SMILES string of the molecule is CCCC(=O)N(Cc1ccc(F)cc1)C(C)C(=O)NC(C)(C)C. The highest BCUT2D eigenvalue weighted by Gasteiger charge is 2.27. The number of carbonyl (C=O) groups excluding carboxylic acids is 2. The van der Waals surface area contributed by atoms with Gasteiger partial charge in [-0.05, 0) is 51.8 Å². The van der Waals surface area contributed by atoms with Gasteiger partial charge in [-0.15, -0.1) is 0 Å². The molecule has 0 spiro atoms. The zero-order valence-electron chi connectivity index (χ0n) is 14.6. The third-order valence-electron chi connectivity index (χ3n) is 3.40. The third-order valence-corrected chi connectivity index (χ3v) is 3.40. The van der Waals surface area contributed by atoms with Crippen LogP contribution in [-0.2, 0) is 16.1 Å². The van der Waals surface area contributed by atoms with Crippen molar-refractivity contribution in [3.8, 4) is 0 Å². The second-order valence-electron chi connectivity index (χ2n) is 6.81. The molecule has 0 aliphatic carbocycles. The summed E-state index contributed by atoms with van der Waals surface area (Å²) in [5, 5.41) is 2.90. The molecule has 0 radical (unpaired) electrons. The maximum Gasteiger partial charge on any atom is 0.242 e. The average Bonchev–Trinajstić information content (AvgIpc) is 2.44. The summed E-state index contributed by atoms with van der Waals surface area (Å²) in [5.41, 5.74) is 0.437. The van der Waals surface area contributed by atoms with Gasteiger partial charge in [-0.2, -0.15) is 0 Å². The van der Waals surface area contributed by atoms with E-state index in [9.17, 15) is 14.0 Å². The van der Waals surface area contributed by atoms with E-state index in [4.69, 9.17) is 0 Å². The van der Waals surface area contributed by atoms with Crippen LogP contribution in [0.25, 0.3) is 0 Å². The molecule has 1 aromatic carbocycles. The van der Waals surface area contributed by atoms with E-state index in [0.29, 0.717) is 12.8 Å². The molecule has 4 nitrogen and oxygen atoms in total. The third kappa shape index (κ3) is 6.38. The number of benzene rings is 1. The molecule has 0 aliphatic rings. The number of amides is 2. The topological polar surface area (TPSA) is 49.4 Å². The number of halogens is 1. The molecule has 1 atom stereocenters. The Balaban J connectivity index is 2.93. The van der Waals surface area contributed by atoms with E-state index in [1.54, 1.807) is 24.0 Å². The van der Waals surface area contributed by atoms with Gasteiger partial charge in [0.1, 0.15) is 11.9 Å². The molecule has 0 saturated heterocycles. The van der Waals surface area contributed by atoms with Gasteiger partial charge in [-0.1, -0.05) is 19.1 Å². The number of hydrogen-bond donors (Lipinski definition) is 1. The first-order chi connectivity index (χ1) is 10.6. The average molecular weight is 322 g/mol. The van der Waals surface area contributed by atoms with E-state index in [1.165, 1.54) is 12.1 Å². The minimum Gasteiger partial charge on any atom is -0.350 e. The van der Waals surface area contributed by atoms with E-state index in [1.807, 2.05) is 27.7 Å². The summed E-state index contributed by atoms with van der Waals surface area (Å²) in [6.07, 6.45) is 1.10. The molecule has 0 fully saturated rings. The lowest BCUT2D eigenvalue weighted by molar-refractivity contribution is -0.141. The van der Waals surface area contributed by atoms with E-state index in [2.05, 4.69) is 5.32 Å². The monoisotopic (exact) mass is 322 g/mol. The van der Waals surface area contributed by atoms with Gasteiger partial charge in [-0.3, -0.25) is 9.59 Å². The molecule has 0 heterocycles. The van der Waals surface area contributed by atoms with Crippen LogP contribution < -0.4 is 5.32 Å². The zero-order chi connectivity index (χ0) is 17.6. The van der Waals surface area contributed by atoms with Crippen molar-refractivity contribution in [2.24, 2.45) is 0 Å². The normalized spacial score (nSPS) is 12.6. The maximum absolute atomic E-state index is 13.0. The van der Waals surface area contributed by atoms with Crippen molar-refractivity contribution in [3.63, 3.8) is 0 Å². The first-order valence-electron chi connectivity index (χ1n) is 8.00. The summed E-state index contributed by atoms with van der Waals surface area (Å²) in [6, 6.07) is 5.40. The fourth-order valence-corrected chi connectivity index (χ4v) is 2.20. The van der Waals surface area contributed by atoms with Crippen molar-refractivity contribution >= 4 is 11.8 Å². The van der Waals surface area contributed by atoms with Crippen molar-refractivity contribution < 1.29 is 14.0 Å². The van der Waals surface area contributed by atoms with Crippen molar-refractivity contribution in [3.05, 3.63) is 35.6 Å². The lowest BCUT2D eigenvalue weighted by atomic mass is 10.1. The molecule has 0 aliphatic heterocycles. The van der Waals surface area contributed by atoms with Crippen LogP contribution in [0.15, 0.2) is 24.3 Å². The molecule has 0 aromatic heterocycles. The summed E-state index contributed by atoms with van der Waals surface area (Å²) in [7, 11) is 0. The van der Waals surface area contributed by atoms with Crippen LogP contribution in [0.2, 0.25) is 0 Å². The summed E-state index contributed by atoms with van der Waals surface area (Å²) in [5.74, 6) is -0.587. The van der Waals surface area contributed by atoms with Crippen LogP contribution in [-0.4, -0.2) is 28.3 Å². The van der Waals surface area contributed by atoms with Crippen molar-refractivity contribution in [2.45, 2.75) is 65.6 Å². The first kappa shape index (κ1) is 19.1. The van der Waals surface area contributed by atoms with Gasteiger partial charge >= 0.3 is 0 Å². The van der Waals surface area contributed by atoms with Crippen LogP contribution in [0, 0.1) is 5.82 Å². The van der Waals surface area contributed by atoms with Crippen LogP contribution in [0.3, 0.4) is 0 Å². The van der Waals surface area contributed by atoms with E-state index >= 15 is 0 Å². The molecule has 1 unspecified atom stereocenters. The maximum atomic E-state index is 13.0. The fraction of sp³-hybridized carbons (Fsp3) is 0.556. The van der Waals surface area contributed by atoms with E-state index in [-0.39, 0.29) is 29.7 Å². The Kier molecular flexibility index (Phi) is 6.73. The van der Waals surface area contributed by atoms with Gasteiger partial charge in [0.05, 0.1) is 0 Å². The van der Waals surface area contributed by atoms with E-state index in [0.717, 1.165) is 5.56 Å². The molecular weight excluding hydrogens is 295 g/mol. The Morgan fingerprint density at radius 2 is 1.78 bits per heavy atom. The molecule has 23 heavy (non-hydrogen) atoms. The summed E-state index contributed by atoms with van der Waals surface area (Å²) in [4.78, 5) is 26.3.